The maximum Gasteiger partial charge on any atom is 0.239 e. The first kappa shape index (κ1) is 15.8. The van der Waals surface area contributed by atoms with Gasteiger partial charge in [-0.2, -0.15) is 0 Å². The largest absolute Gasteiger partial charge is 0.368 e. The fraction of sp³-hybridized carbons (Fsp3) is 0.938. The van der Waals surface area contributed by atoms with Gasteiger partial charge in [-0.05, 0) is 56.5 Å². The smallest absolute Gasteiger partial charge is 0.239 e. The van der Waals surface area contributed by atoms with E-state index in [9.17, 15) is 4.79 Å². The Morgan fingerprint density at radius 1 is 1.35 bits per heavy atom. The van der Waals surface area contributed by atoms with Crippen LogP contribution in [0.3, 0.4) is 0 Å². The number of primary amides is 1. The van der Waals surface area contributed by atoms with Crippen molar-refractivity contribution < 1.29 is 4.79 Å². The zero-order valence-corrected chi connectivity index (χ0v) is 13.4. The maximum absolute atomic E-state index is 12.1. The molecule has 1 saturated heterocycles. The molecule has 1 aliphatic carbocycles. The van der Waals surface area contributed by atoms with Crippen molar-refractivity contribution in [2.24, 2.45) is 17.1 Å². The Kier molecular flexibility index (Phi) is 4.75. The molecule has 0 aromatic heterocycles. The third-order valence-corrected chi connectivity index (χ3v) is 5.70. The lowest BCUT2D eigenvalue weighted by Gasteiger charge is -2.36. The second kappa shape index (κ2) is 6.02. The Bertz CT molecular complexity index is 350. The van der Waals surface area contributed by atoms with Crippen LogP contribution in [-0.4, -0.2) is 42.5 Å². The molecular weight excluding hydrogens is 250 g/mol. The van der Waals surface area contributed by atoms with Gasteiger partial charge in [-0.25, -0.2) is 0 Å². The third-order valence-electron chi connectivity index (χ3n) is 5.70. The van der Waals surface area contributed by atoms with Gasteiger partial charge in [-0.1, -0.05) is 20.8 Å². The molecule has 0 radical (unpaired) electrons. The minimum atomic E-state index is -0.494. The van der Waals surface area contributed by atoms with E-state index in [1.807, 2.05) is 0 Å². The van der Waals surface area contributed by atoms with Gasteiger partial charge in [-0.3, -0.25) is 4.79 Å². The molecule has 4 heteroatoms. The summed E-state index contributed by atoms with van der Waals surface area (Å²) in [6.45, 7) is 10.5. The normalized spacial score (nSPS) is 25.6. The summed E-state index contributed by atoms with van der Waals surface area (Å²) >= 11 is 0. The van der Waals surface area contributed by atoms with Crippen LogP contribution in [0.25, 0.3) is 0 Å². The van der Waals surface area contributed by atoms with Gasteiger partial charge < -0.3 is 16.0 Å². The number of nitrogens with two attached hydrogens (primary N) is 1. The predicted octanol–water partition coefficient (Wildman–Crippen LogP) is 1.74. The number of carbonyl (C=O) groups is 1. The Hall–Kier alpha value is -0.610. The van der Waals surface area contributed by atoms with Gasteiger partial charge in [0.15, 0.2) is 0 Å². The first-order valence-corrected chi connectivity index (χ1v) is 8.29. The molecule has 1 amide bonds. The van der Waals surface area contributed by atoms with E-state index < -0.39 is 5.54 Å². The lowest BCUT2D eigenvalue weighted by Crippen LogP contribution is -2.63. The van der Waals surface area contributed by atoms with E-state index in [1.165, 1.54) is 19.3 Å². The molecule has 0 spiro atoms. The summed E-state index contributed by atoms with van der Waals surface area (Å²) in [7, 11) is 0. The molecule has 2 rings (SSSR count). The highest BCUT2D eigenvalue weighted by molar-refractivity contribution is 5.86. The van der Waals surface area contributed by atoms with Gasteiger partial charge in [0.25, 0.3) is 0 Å². The second-order valence-corrected chi connectivity index (χ2v) is 6.81. The van der Waals surface area contributed by atoms with Crippen LogP contribution >= 0.6 is 0 Å². The molecular formula is C16H31N3O. The molecule has 0 bridgehead atoms. The molecule has 1 aliphatic heterocycles. The minimum absolute atomic E-state index is 0.160. The number of amides is 1. The number of nitrogens with one attached hydrogen (secondary N) is 1. The fourth-order valence-electron chi connectivity index (χ4n) is 3.93. The highest BCUT2D eigenvalue weighted by Crippen LogP contribution is 2.43. The van der Waals surface area contributed by atoms with Crippen molar-refractivity contribution in [1.29, 1.82) is 0 Å². The number of likely N-dealkylation sites (tertiary alicyclic amines) is 1. The highest BCUT2D eigenvalue weighted by atomic mass is 16.1. The summed E-state index contributed by atoms with van der Waals surface area (Å²) in [6, 6.07) is 0. The lowest BCUT2D eigenvalue weighted by molar-refractivity contribution is -0.126. The summed E-state index contributed by atoms with van der Waals surface area (Å²) in [5, 5.41) is 3.43. The average Bonchev–Trinajstić information content (AvgIpc) is 3.21. The van der Waals surface area contributed by atoms with Crippen molar-refractivity contribution in [3.8, 4) is 0 Å². The van der Waals surface area contributed by atoms with Crippen LogP contribution in [0, 0.1) is 11.3 Å². The first-order chi connectivity index (χ1) is 9.52. The van der Waals surface area contributed by atoms with E-state index >= 15 is 0 Å². The molecule has 1 atom stereocenters. The molecule has 20 heavy (non-hydrogen) atoms. The van der Waals surface area contributed by atoms with E-state index in [-0.39, 0.29) is 5.91 Å². The second-order valence-electron chi connectivity index (χ2n) is 6.81. The Balaban J connectivity index is 2.07. The van der Waals surface area contributed by atoms with Gasteiger partial charge in [0.1, 0.15) is 5.54 Å². The monoisotopic (exact) mass is 281 g/mol. The summed E-state index contributed by atoms with van der Waals surface area (Å²) in [5.74, 6) is 0.283. The van der Waals surface area contributed by atoms with Gasteiger partial charge in [-0.15, -0.1) is 0 Å². The lowest BCUT2D eigenvalue weighted by atomic mass is 9.82. The molecule has 2 fully saturated rings. The van der Waals surface area contributed by atoms with Gasteiger partial charge in [0.2, 0.25) is 5.91 Å². The zero-order chi connectivity index (χ0) is 14.8. The predicted molar refractivity (Wildman–Crippen MR) is 82.4 cm³/mol. The molecule has 1 unspecified atom stereocenters. The quantitative estimate of drug-likeness (QED) is 0.712. The van der Waals surface area contributed by atoms with Crippen molar-refractivity contribution in [1.82, 2.24) is 10.2 Å². The number of nitrogens with zero attached hydrogens (tertiary/aromatic N) is 1. The van der Waals surface area contributed by atoms with Crippen LogP contribution < -0.4 is 11.1 Å². The molecule has 116 valence electrons. The van der Waals surface area contributed by atoms with Gasteiger partial charge in [0, 0.05) is 13.1 Å². The van der Waals surface area contributed by atoms with Crippen molar-refractivity contribution in [3.63, 3.8) is 0 Å². The van der Waals surface area contributed by atoms with Crippen molar-refractivity contribution in [2.75, 3.05) is 26.2 Å². The van der Waals surface area contributed by atoms with E-state index in [1.54, 1.807) is 0 Å². The molecule has 2 aliphatic rings. The fourth-order valence-corrected chi connectivity index (χ4v) is 3.93. The molecule has 0 aromatic rings. The molecule has 1 saturated carbocycles. The van der Waals surface area contributed by atoms with Crippen LogP contribution in [0.2, 0.25) is 0 Å². The summed E-state index contributed by atoms with van der Waals surface area (Å²) in [6.07, 6.45) is 5.99. The summed E-state index contributed by atoms with van der Waals surface area (Å²) in [4.78, 5) is 14.6. The van der Waals surface area contributed by atoms with Gasteiger partial charge in [0.05, 0.1) is 0 Å². The number of hydrogen-bond donors (Lipinski definition) is 2. The van der Waals surface area contributed by atoms with Crippen LogP contribution in [0.1, 0.15) is 52.9 Å². The van der Waals surface area contributed by atoms with Crippen LogP contribution in [-0.2, 0) is 4.79 Å². The summed E-state index contributed by atoms with van der Waals surface area (Å²) < 4.78 is 0. The van der Waals surface area contributed by atoms with Crippen LogP contribution in [0.4, 0.5) is 0 Å². The highest BCUT2D eigenvalue weighted by Gasteiger charge is 2.51. The zero-order valence-electron chi connectivity index (χ0n) is 13.4. The number of likely N-dealkylation sites (N-methyl/N-ethyl adjacent to an activating group) is 1. The maximum atomic E-state index is 12.1. The van der Waals surface area contributed by atoms with E-state index in [0.29, 0.717) is 11.3 Å². The Morgan fingerprint density at radius 2 is 2.00 bits per heavy atom. The first-order valence-electron chi connectivity index (χ1n) is 8.29. The van der Waals surface area contributed by atoms with Crippen LogP contribution in [0.5, 0.6) is 0 Å². The number of rotatable bonds is 8. The standard InChI is InChI=1S/C16H31N3O/c1-4-15(5-2)9-10-19(11-15)12-16(14(17)20,18-6-3)13-7-8-13/h13,18H,4-12H2,1-3H3,(H2,17,20). The molecule has 1 heterocycles. The van der Waals surface area contributed by atoms with Crippen molar-refractivity contribution in [2.45, 2.75) is 58.4 Å². The average molecular weight is 281 g/mol. The molecule has 4 nitrogen and oxygen atoms in total. The van der Waals surface area contributed by atoms with E-state index in [4.69, 9.17) is 5.73 Å². The number of carbonyl (C=O) groups excluding carboxylic acids is 1. The SMILES string of the molecule is CCNC(CN1CCC(CC)(CC)C1)(C(N)=O)C1CC1. The van der Waals surface area contributed by atoms with Crippen molar-refractivity contribution >= 4 is 5.91 Å². The summed E-state index contributed by atoms with van der Waals surface area (Å²) in [5.41, 5.74) is 5.75. The van der Waals surface area contributed by atoms with Gasteiger partial charge >= 0.3 is 0 Å². The third kappa shape index (κ3) is 2.86. The van der Waals surface area contributed by atoms with Crippen molar-refractivity contribution in [3.05, 3.63) is 0 Å². The Labute approximate surface area is 123 Å². The minimum Gasteiger partial charge on any atom is -0.368 e. The van der Waals surface area contributed by atoms with Crippen LogP contribution in [0.15, 0.2) is 0 Å². The topological polar surface area (TPSA) is 58.4 Å². The molecule has 0 aromatic carbocycles. The van der Waals surface area contributed by atoms with E-state index in [0.717, 1.165) is 39.0 Å². The molecule has 3 N–H and O–H groups in total. The Morgan fingerprint density at radius 3 is 2.40 bits per heavy atom. The number of hydrogen-bond acceptors (Lipinski definition) is 3. The van der Waals surface area contributed by atoms with E-state index in [2.05, 4.69) is 31.0 Å².